The molecule has 0 atom stereocenters. The highest BCUT2D eigenvalue weighted by Crippen LogP contribution is 2.20. The number of phenols is 1. The second kappa shape index (κ2) is 5.14. The number of hydrogen-bond acceptors (Lipinski definition) is 5. The molecular weight excluding hydrogens is 234 g/mol. The molecule has 0 aliphatic carbocycles. The lowest BCUT2D eigenvalue weighted by Gasteiger charge is -2.04. The average molecular weight is 249 g/mol. The van der Waals surface area contributed by atoms with E-state index in [1.807, 2.05) is 12.1 Å². The molecular formula is C12H15N3OS. The molecule has 0 saturated heterocycles. The van der Waals surface area contributed by atoms with Crippen LogP contribution in [0.1, 0.15) is 31.2 Å². The first kappa shape index (κ1) is 11.9. The molecule has 0 saturated carbocycles. The quantitative estimate of drug-likeness (QED) is 0.874. The third-order valence-corrected chi connectivity index (χ3v) is 3.07. The predicted molar refractivity (Wildman–Crippen MR) is 69.4 cm³/mol. The molecule has 0 fully saturated rings. The molecule has 2 N–H and O–H groups in total. The topological polar surface area (TPSA) is 58.0 Å². The Bertz CT molecular complexity index is 496. The first-order valence-corrected chi connectivity index (χ1v) is 6.28. The molecule has 0 spiro atoms. The first-order valence-electron chi connectivity index (χ1n) is 5.51. The SMILES string of the molecule is CC(C)c1nsc(NCc2ccccc2O)n1. The minimum Gasteiger partial charge on any atom is -0.508 e. The van der Waals surface area contributed by atoms with Gasteiger partial charge in [-0.15, -0.1) is 0 Å². The first-order chi connectivity index (χ1) is 8.16. The van der Waals surface area contributed by atoms with Crippen LogP contribution in [0.25, 0.3) is 0 Å². The van der Waals surface area contributed by atoms with Crippen LogP contribution in [0, 0.1) is 0 Å². The van der Waals surface area contributed by atoms with Gasteiger partial charge in [-0.25, -0.2) is 4.98 Å². The van der Waals surface area contributed by atoms with Crippen molar-refractivity contribution in [2.75, 3.05) is 5.32 Å². The molecule has 17 heavy (non-hydrogen) atoms. The number of nitrogens with zero attached hydrogens (tertiary/aromatic N) is 2. The van der Waals surface area contributed by atoms with Crippen LogP contribution in [-0.2, 0) is 6.54 Å². The smallest absolute Gasteiger partial charge is 0.202 e. The van der Waals surface area contributed by atoms with Gasteiger partial charge in [0.15, 0.2) is 0 Å². The van der Waals surface area contributed by atoms with Gasteiger partial charge in [-0.2, -0.15) is 4.37 Å². The normalized spacial score (nSPS) is 10.8. The maximum atomic E-state index is 9.61. The Kier molecular flexibility index (Phi) is 3.58. The second-order valence-corrected chi connectivity index (χ2v) is 4.85. The number of anilines is 1. The van der Waals surface area contributed by atoms with E-state index >= 15 is 0 Å². The van der Waals surface area contributed by atoms with E-state index in [1.54, 1.807) is 12.1 Å². The molecule has 90 valence electrons. The number of phenolic OH excluding ortho intramolecular Hbond substituents is 1. The predicted octanol–water partition coefficient (Wildman–Crippen LogP) is 2.98. The van der Waals surface area contributed by atoms with Crippen molar-refractivity contribution >= 4 is 16.7 Å². The van der Waals surface area contributed by atoms with Gasteiger partial charge in [-0.1, -0.05) is 32.0 Å². The standard InChI is InChI=1S/C12H15N3OS/c1-8(2)11-14-12(17-15-11)13-7-9-5-3-4-6-10(9)16/h3-6,8,16H,7H2,1-2H3,(H,13,14,15). The average Bonchev–Trinajstić information content (AvgIpc) is 2.77. The summed E-state index contributed by atoms with van der Waals surface area (Å²) < 4.78 is 4.26. The van der Waals surface area contributed by atoms with E-state index in [9.17, 15) is 5.11 Å². The summed E-state index contributed by atoms with van der Waals surface area (Å²) in [6.07, 6.45) is 0. The number of para-hydroxylation sites is 1. The van der Waals surface area contributed by atoms with E-state index in [2.05, 4.69) is 28.5 Å². The molecule has 1 aromatic heterocycles. The molecule has 2 aromatic rings. The molecule has 5 heteroatoms. The van der Waals surface area contributed by atoms with E-state index in [4.69, 9.17) is 0 Å². The lowest BCUT2D eigenvalue weighted by Crippen LogP contribution is -1.99. The Labute approximate surface area is 105 Å². The van der Waals surface area contributed by atoms with Crippen LogP contribution in [0.2, 0.25) is 0 Å². The third-order valence-electron chi connectivity index (χ3n) is 2.38. The summed E-state index contributed by atoms with van der Waals surface area (Å²) in [7, 11) is 0. The van der Waals surface area contributed by atoms with Crippen LogP contribution in [0.5, 0.6) is 5.75 Å². The van der Waals surface area contributed by atoms with Crippen molar-refractivity contribution in [3.05, 3.63) is 35.7 Å². The lowest BCUT2D eigenvalue weighted by molar-refractivity contribution is 0.469. The van der Waals surface area contributed by atoms with Gasteiger partial charge in [0.25, 0.3) is 0 Å². The summed E-state index contributed by atoms with van der Waals surface area (Å²) in [5.41, 5.74) is 0.855. The maximum Gasteiger partial charge on any atom is 0.202 e. The van der Waals surface area contributed by atoms with Gasteiger partial charge in [0.05, 0.1) is 0 Å². The summed E-state index contributed by atoms with van der Waals surface area (Å²) in [6.45, 7) is 4.68. The van der Waals surface area contributed by atoms with Crippen molar-refractivity contribution in [1.82, 2.24) is 9.36 Å². The highest BCUT2D eigenvalue weighted by atomic mass is 32.1. The molecule has 0 aliphatic heterocycles. The van der Waals surface area contributed by atoms with Gasteiger partial charge in [-0.05, 0) is 6.07 Å². The van der Waals surface area contributed by atoms with Gasteiger partial charge in [0.2, 0.25) is 5.13 Å². The lowest BCUT2D eigenvalue weighted by atomic mass is 10.2. The van der Waals surface area contributed by atoms with Gasteiger partial charge >= 0.3 is 0 Å². The van der Waals surface area contributed by atoms with Crippen molar-refractivity contribution in [2.45, 2.75) is 26.3 Å². The zero-order valence-corrected chi connectivity index (χ0v) is 10.7. The van der Waals surface area contributed by atoms with Gasteiger partial charge in [-0.3, -0.25) is 0 Å². The van der Waals surface area contributed by atoms with Crippen molar-refractivity contribution < 1.29 is 5.11 Å². The van der Waals surface area contributed by atoms with Crippen LogP contribution in [0.15, 0.2) is 24.3 Å². The fourth-order valence-corrected chi connectivity index (χ4v) is 2.08. The molecule has 1 heterocycles. The Morgan fingerprint density at radius 2 is 2.12 bits per heavy atom. The fraction of sp³-hybridized carbons (Fsp3) is 0.333. The van der Waals surface area contributed by atoms with Crippen LogP contribution >= 0.6 is 11.5 Å². The molecule has 4 nitrogen and oxygen atoms in total. The minimum absolute atomic E-state index is 0.300. The summed E-state index contributed by atoms with van der Waals surface area (Å²) in [5.74, 6) is 1.50. The largest absolute Gasteiger partial charge is 0.508 e. The van der Waals surface area contributed by atoms with Crippen molar-refractivity contribution in [3.63, 3.8) is 0 Å². The number of nitrogens with one attached hydrogen (secondary N) is 1. The highest BCUT2D eigenvalue weighted by Gasteiger charge is 2.07. The molecule has 0 bridgehead atoms. The van der Waals surface area contributed by atoms with Crippen molar-refractivity contribution in [1.29, 1.82) is 0 Å². The van der Waals surface area contributed by atoms with Crippen LogP contribution in [0.3, 0.4) is 0 Å². The molecule has 0 amide bonds. The summed E-state index contributed by atoms with van der Waals surface area (Å²) >= 11 is 1.35. The number of aromatic nitrogens is 2. The Balaban J connectivity index is 2.00. The van der Waals surface area contributed by atoms with E-state index in [1.165, 1.54) is 11.5 Å². The molecule has 0 aliphatic rings. The zero-order valence-electron chi connectivity index (χ0n) is 9.84. The summed E-state index contributed by atoms with van der Waals surface area (Å²) in [4.78, 5) is 4.37. The second-order valence-electron chi connectivity index (χ2n) is 4.09. The van der Waals surface area contributed by atoms with Crippen LogP contribution < -0.4 is 5.32 Å². The summed E-state index contributed by atoms with van der Waals surface area (Å²) in [6, 6.07) is 7.26. The third kappa shape index (κ3) is 2.94. The molecule has 0 radical (unpaired) electrons. The van der Waals surface area contributed by atoms with Crippen LogP contribution in [0.4, 0.5) is 5.13 Å². The van der Waals surface area contributed by atoms with Gasteiger partial charge in [0, 0.05) is 29.6 Å². The van der Waals surface area contributed by atoms with Gasteiger partial charge < -0.3 is 10.4 Å². The van der Waals surface area contributed by atoms with E-state index in [0.29, 0.717) is 18.2 Å². The minimum atomic E-state index is 0.300. The maximum absolute atomic E-state index is 9.61. The molecule has 2 rings (SSSR count). The van der Waals surface area contributed by atoms with Crippen molar-refractivity contribution in [2.24, 2.45) is 0 Å². The zero-order chi connectivity index (χ0) is 12.3. The number of benzene rings is 1. The van der Waals surface area contributed by atoms with E-state index < -0.39 is 0 Å². The number of aromatic hydroxyl groups is 1. The van der Waals surface area contributed by atoms with E-state index in [-0.39, 0.29) is 0 Å². The molecule has 0 unspecified atom stereocenters. The van der Waals surface area contributed by atoms with E-state index in [0.717, 1.165) is 16.5 Å². The Morgan fingerprint density at radius 3 is 2.76 bits per heavy atom. The highest BCUT2D eigenvalue weighted by molar-refractivity contribution is 7.09. The van der Waals surface area contributed by atoms with Gasteiger partial charge in [0.1, 0.15) is 11.6 Å². The van der Waals surface area contributed by atoms with Crippen molar-refractivity contribution in [3.8, 4) is 5.75 Å². The number of rotatable bonds is 4. The number of hydrogen-bond donors (Lipinski definition) is 2. The Hall–Kier alpha value is -1.62. The molecule has 1 aromatic carbocycles. The Morgan fingerprint density at radius 1 is 1.35 bits per heavy atom. The van der Waals surface area contributed by atoms with Crippen LogP contribution in [-0.4, -0.2) is 14.5 Å². The fourth-order valence-electron chi connectivity index (χ4n) is 1.37. The summed E-state index contributed by atoms with van der Waals surface area (Å²) in [5, 5.41) is 13.6. The monoisotopic (exact) mass is 249 g/mol.